The molecule has 0 saturated heterocycles. The van der Waals surface area contributed by atoms with Gasteiger partial charge in [-0.25, -0.2) is 5.48 Å². The molecule has 0 bridgehead atoms. The topological polar surface area (TPSA) is 62.2 Å². The summed E-state index contributed by atoms with van der Waals surface area (Å²) in [5.41, 5.74) is 3.20. The van der Waals surface area contributed by atoms with Gasteiger partial charge in [-0.1, -0.05) is 24.3 Å². The number of fused-ring (bicyclic) bond motifs is 1. The zero-order chi connectivity index (χ0) is 11.4. The summed E-state index contributed by atoms with van der Waals surface area (Å²) in [6.07, 6.45) is 4.57. The van der Waals surface area contributed by atoms with Crippen molar-refractivity contribution >= 4 is 22.9 Å². The molecule has 0 spiro atoms. The van der Waals surface area contributed by atoms with Gasteiger partial charge in [-0.2, -0.15) is 0 Å². The van der Waals surface area contributed by atoms with Crippen LogP contribution in [0.5, 0.6) is 0 Å². The molecule has 4 heteroatoms. The van der Waals surface area contributed by atoms with E-state index in [2.05, 4.69) is 4.98 Å². The van der Waals surface area contributed by atoms with Gasteiger partial charge in [0.15, 0.2) is 0 Å². The van der Waals surface area contributed by atoms with Crippen LogP contribution in [0.3, 0.4) is 0 Å². The van der Waals surface area contributed by atoms with Gasteiger partial charge in [-0.15, -0.1) is 0 Å². The standard InChI is InChI=1S/C12H10N2O2/c15-11(14-16)7-6-10-4-1-3-9-5-2-8-13-12(9)10/h1-8,16H,(H,14,15)/b7-6+. The molecular weight excluding hydrogens is 204 g/mol. The van der Waals surface area contributed by atoms with Gasteiger partial charge in [0.2, 0.25) is 0 Å². The van der Waals surface area contributed by atoms with Gasteiger partial charge in [0.1, 0.15) is 0 Å². The zero-order valence-corrected chi connectivity index (χ0v) is 8.42. The van der Waals surface area contributed by atoms with E-state index >= 15 is 0 Å². The molecule has 0 saturated carbocycles. The monoisotopic (exact) mass is 214 g/mol. The minimum absolute atomic E-state index is 0.562. The van der Waals surface area contributed by atoms with Crippen molar-refractivity contribution in [1.29, 1.82) is 0 Å². The first-order chi connectivity index (χ1) is 7.81. The number of carbonyl (C=O) groups excluding carboxylic acids is 1. The molecule has 16 heavy (non-hydrogen) atoms. The lowest BCUT2D eigenvalue weighted by atomic mass is 10.1. The summed E-state index contributed by atoms with van der Waals surface area (Å²) >= 11 is 0. The predicted molar refractivity (Wildman–Crippen MR) is 60.7 cm³/mol. The normalized spacial score (nSPS) is 10.8. The van der Waals surface area contributed by atoms with Crippen LogP contribution in [0.1, 0.15) is 5.56 Å². The summed E-state index contributed by atoms with van der Waals surface area (Å²) < 4.78 is 0. The molecule has 1 aromatic carbocycles. The molecule has 0 unspecified atom stereocenters. The smallest absolute Gasteiger partial charge is 0.267 e. The van der Waals surface area contributed by atoms with Crippen LogP contribution in [0.2, 0.25) is 0 Å². The van der Waals surface area contributed by atoms with Crippen molar-refractivity contribution in [1.82, 2.24) is 10.5 Å². The highest BCUT2D eigenvalue weighted by atomic mass is 16.5. The Balaban J connectivity index is 2.45. The summed E-state index contributed by atoms with van der Waals surface area (Å²) in [5.74, 6) is -0.562. The molecule has 0 fully saturated rings. The van der Waals surface area contributed by atoms with Crippen LogP contribution < -0.4 is 5.48 Å². The first-order valence-corrected chi connectivity index (χ1v) is 4.77. The molecule has 1 aromatic heterocycles. The molecule has 2 N–H and O–H groups in total. The minimum Gasteiger partial charge on any atom is -0.288 e. The van der Waals surface area contributed by atoms with E-state index < -0.39 is 5.91 Å². The molecule has 2 rings (SSSR count). The largest absolute Gasteiger partial charge is 0.288 e. The number of hydrogen-bond donors (Lipinski definition) is 2. The molecule has 0 aliphatic rings. The second kappa shape index (κ2) is 4.55. The quantitative estimate of drug-likeness (QED) is 0.455. The van der Waals surface area contributed by atoms with E-state index in [4.69, 9.17) is 5.21 Å². The first-order valence-electron chi connectivity index (χ1n) is 4.77. The van der Waals surface area contributed by atoms with Crippen LogP contribution in [-0.2, 0) is 4.79 Å². The van der Waals surface area contributed by atoms with Crippen LogP contribution in [0.25, 0.3) is 17.0 Å². The number of aromatic nitrogens is 1. The summed E-state index contributed by atoms with van der Waals surface area (Å²) in [4.78, 5) is 15.1. The van der Waals surface area contributed by atoms with Gasteiger partial charge in [-0.3, -0.25) is 15.0 Å². The van der Waals surface area contributed by atoms with Crippen molar-refractivity contribution in [2.75, 3.05) is 0 Å². The molecule has 2 aromatic rings. The highest BCUT2D eigenvalue weighted by Crippen LogP contribution is 2.16. The van der Waals surface area contributed by atoms with Gasteiger partial charge >= 0.3 is 0 Å². The number of rotatable bonds is 2. The number of nitrogens with zero attached hydrogens (tertiary/aromatic N) is 1. The maximum Gasteiger partial charge on any atom is 0.267 e. The van der Waals surface area contributed by atoms with Gasteiger partial charge in [0.25, 0.3) is 5.91 Å². The van der Waals surface area contributed by atoms with Crippen molar-refractivity contribution in [2.24, 2.45) is 0 Å². The number of pyridine rings is 1. The van der Waals surface area contributed by atoms with Crippen molar-refractivity contribution in [2.45, 2.75) is 0 Å². The molecule has 0 radical (unpaired) electrons. The van der Waals surface area contributed by atoms with Crippen molar-refractivity contribution < 1.29 is 10.0 Å². The van der Waals surface area contributed by atoms with Crippen molar-refractivity contribution in [3.05, 3.63) is 48.2 Å². The Morgan fingerprint density at radius 2 is 2.12 bits per heavy atom. The molecule has 0 atom stereocenters. The second-order valence-corrected chi connectivity index (χ2v) is 3.23. The zero-order valence-electron chi connectivity index (χ0n) is 8.42. The fourth-order valence-corrected chi connectivity index (χ4v) is 1.47. The number of para-hydroxylation sites is 1. The predicted octanol–water partition coefficient (Wildman–Crippen LogP) is 1.75. The lowest BCUT2D eigenvalue weighted by Crippen LogP contribution is -2.14. The summed E-state index contributed by atoms with van der Waals surface area (Å²) in [6, 6.07) is 9.50. The van der Waals surface area contributed by atoms with E-state index in [1.54, 1.807) is 12.3 Å². The molecule has 1 amide bonds. The van der Waals surface area contributed by atoms with Gasteiger partial charge in [0.05, 0.1) is 5.52 Å². The van der Waals surface area contributed by atoms with Crippen LogP contribution in [-0.4, -0.2) is 16.1 Å². The lowest BCUT2D eigenvalue weighted by Gasteiger charge is -2.00. The van der Waals surface area contributed by atoms with E-state index in [1.165, 1.54) is 11.6 Å². The van der Waals surface area contributed by atoms with E-state index in [1.807, 2.05) is 30.3 Å². The van der Waals surface area contributed by atoms with Crippen molar-refractivity contribution in [3.63, 3.8) is 0 Å². The highest BCUT2D eigenvalue weighted by Gasteiger charge is 1.98. The average Bonchev–Trinajstić information content (AvgIpc) is 2.35. The molecule has 80 valence electrons. The fourth-order valence-electron chi connectivity index (χ4n) is 1.47. The summed E-state index contributed by atoms with van der Waals surface area (Å²) in [7, 11) is 0. The average molecular weight is 214 g/mol. The van der Waals surface area contributed by atoms with E-state index in [-0.39, 0.29) is 0 Å². The minimum atomic E-state index is -0.562. The number of hydrogen-bond acceptors (Lipinski definition) is 3. The lowest BCUT2D eigenvalue weighted by molar-refractivity contribution is -0.124. The van der Waals surface area contributed by atoms with Crippen LogP contribution >= 0.6 is 0 Å². The van der Waals surface area contributed by atoms with E-state index in [0.717, 1.165) is 16.5 Å². The first kappa shape index (κ1) is 10.3. The summed E-state index contributed by atoms with van der Waals surface area (Å²) in [5, 5.41) is 9.37. The van der Waals surface area contributed by atoms with E-state index in [9.17, 15) is 4.79 Å². The van der Waals surface area contributed by atoms with Crippen molar-refractivity contribution in [3.8, 4) is 0 Å². The number of hydroxylamine groups is 1. The van der Waals surface area contributed by atoms with E-state index in [0.29, 0.717) is 0 Å². The third kappa shape index (κ3) is 2.07. The highest BCUT2D eigenvalue weighted by molar-refractivity contribution is 5.94. The Morgan fingerprint density at radius 3 is 2.94 bits per heavy atom. The third-order valence-corrected chi connectivity index (χ3v) is 2.19. The Morgan fingerprint density at radius 1 is 1.31 bits per heavy atom. The molecular formula is C12H10N2O2. The Kier molecular flexibility index (Phi) is 2.93. The third-order valence-electron chi connectivity index (χ3n) is 2.19. The summed E-state index contributed by atoms with van der Waals surface area (Å²) in [6.45, 7) is 0. The fraction of sp³-hybridized carbons (Fsp3) is 0. The van der Waals surface area contributed by atoms with Crippen LogP contribution in [0.15, 0.2) is 42.6 Å². The van der Waals surface area contributed by atoms with Crippen LogP contribution in [0.4, 0.5) is 0 Å². The Labute approximate surface area is 92.2 Å². The van der Waals surface area contributed by atoms with Crippen LogP contribution in [0, 0.1) is 0 Å². The van der Waals surface area contributed by atoms with Gasteiger partial charge in [0, 0.05) is 23.2 Å². The molecule has 4 nitrogen and oxygen atoms in total. The Hall–Kier alpha value is -2.20. The number of carbonyl (C=O) groups is 1. The number of amides is 1. The Bertz CT molecular complexity index is 544. The second-order valence-electron chi connectivity index (χ2n) is 3.23. The maximum absolute atomic E-state index is 10.9. The number of benzene rings is 1. The molecule has 1 heterocycles. The number of nitrogens with one attached hydrogen (secondary N) is 1. The SMILES string of the molecule is O=C(/C=C/c1cccc2cccnc12)NO. The van der Waals surface area contributed by atoms with Gasteiger partial charge < -0.3 is 0 Å². The van der Waals surface area contributed by atoms with Gasteiger partial charge in [-0.05, 0) is 12.1 Å². The molecule has 0 aliphatic heterocycles. The molecule has 0 aliphatic carbocycles. The maximum atomic E-state index is 10.9.